The predicted molar refractivity (Wildman–Crippen MR) is 181 cm³/mol. The largest absolute Gasteiger partial charge is 0.481 e. The molecule has 1 fully saturated rings. The Morgan fingerprint density at radius 1 is 1.00 bits per heavy atom. The number of aryl methyl sites for hydroxylation is 2. The summed E-state index contributed by atoms with van der Waals surface area (Å²) in [5.41, 5.74) is 5.26. The zero-order chi connectivity index (χ0) is 33.6. The van der Waals surface area contributed by atoms with Gasteiger partial charge in [-0.15, -0.1) is 0 Å². The number of anilines is 1. The molecule has 6 rings (SSSR count). The van der Waals surface area contributed by atoms with Gasteiger partial charge in [-0.05, 0) is 48.6 Å². The Bertz CT molecular complexity index is 2030. The van der Waals surface area contributed by atoms with Gasteiger partial charge >= 0.3 is 5.69 Å². The summed E-state index contributed by atoms with van der Waals surface area (Å²) in [6.45, 7) is 6.54. The molecule has 0 spiro atoms. The molecule has 0 unspecified atom stereocenters. The van der Waals surface area contributed by atoms with E-state index in [2.05, 4.69) is 16.3 Å². The second-order valence-electron chi connectivity index (χ2n) is 12.1. The monoisotopic (exact) mass is 656 g/mol. The summed E-state index contributed by atoms with van der Waals surface area (Å²) in [4.78, 5) is 59.0. The van der Waals surface area contributed by atoms with Crippen LogP contribution in [-0.2, 0) is 25.3 Å². The zero-order valence-corrected chi connectivity index (χ0v) is 27.8. The highest BCUT2D eigenvalue weighted by atomic mass is 35.5. The Labute approximate surface area is 277 Å². The van der Waals surface area contributed by atoms with Gasteiger partial charge in [0.25, 0.3) is 11.5 Å². The van der Waals surface area contributed by atoms with E-state index in [0.717, 1.165) is 58.3 Å². The van der Waals surface area contributed by atoms with Crippen molar-refractivity contribution in [1.29, 1.82) is 0 Å². The number of nitrogens with zero attached hydrogens (tertiary/aromatic N) is 5. The average Bonchev–Trinajstić information content (AvgIpc) is 3.50. The highest BCUT2D eigenvalue weighted by Gasteiger charge is 2.34. The van der Waals surface area contributed by atoms with Gasteiger partial charge in [-0.3, -0.25) is 23.9 Å². The first kappa shape index (κ1) is 32.2. The number of pyridine rings is 1. The van der Waals surface area contributed by atoms with E-state index in [1.54, 1.807) is 20.1 Å². The van der Waals surface area contributed by atoms with Crippen molar-refractivity contribution in [3.05, 3.63) is 96.8 Å². The molecule has 2 aromatic carbocycles. The van der Waals surface area contributed by atoms with E-state index in [0.29, 0.717) is 35.4 Å². The first-order chi connectivity index (χ1) is 22.5. The van der Waals surface area contributed by atoms with Crippen LogP contribution < -0.4 is 21.3 Å². The van der Waals surface area contributed by atoms with E-state index in [1.807, 2.05) is 42.2 Å². The van der Waals surface area contributed by atoms with Crippen molar-refractivity contribution in [1.82, 2.24) is 23.9 Å². The summed E-state index contributed by atoms with van der Waals surface area (Å²) < 4.78 is 7.97. The molecule has 4 aromatic rings. The lowest BCUT2D eigenvalue weighted by Crippen LogP contribution is -2.48. The van der Waals surface area contributed by atoms with Gasteiger partial charge in [0, 0.05) is 81.8 Å². The summed E-state index contributed by atoms with van der Waals surface area (Å²) >= 11 is 7.13. The number of hydrogen-bond donors (Lipinski definition) is 1. The fourth-order valence-electron chi connectivity index (χ4n) is 6.74. The van der Waals surface area contributed by atoms with Gasteiger partial charge in [-0.1, -0.05) is 41.9 Å². The third-order valence-electron chi connectivity index (χ3n) is 9.36. The molecule has 244 valence electrons. The molecule has 1 aliphatic heterocycles. The van der Waals surface area contributed by atoms with Crippen LogP contribution in [-0.4, -0.2) is 69.0 Å². The molecule has 11 nitrogen and oxygen atoms in total. The maximum atomic E-state index is 13.2. The standard InChI is InChI=1S/C35H37ClN6O5/c1-20-23(8-7-11-27(20)37-32(44)26-19-39(3)35(46)40(4)34(26)45)24-9-6-10-25(31(24)36)28-18-22-12-13-29(30(22)33(38-28)47-5)42-16-14-41(15-17-42)21(2)43/h6-11,18-19,29H,12-17H2,1-5H3,(H,37,44)/t29-/m1/s1. The van der Waals surface area contributed by atoms with Crippen LogP contribution in [0.25, 0.3) is 22.4 Å². The number of nitrogens with one attached hydrogen (secondary N) is 1. The number of amides is 2. The molecule has 3 heterocycles. The maximum Gasteiger partial charge on any atom is 0.330 e. The molecule has 1 aliphatic carbocycles. The lowest BCUT2D eigenvalue weighted by Gasteiger charge is -2.38. The summed E-state index contributed by atoms with van der Waals surface area (Å²) in [7, 11) is 4.47. The number of carbonyl (C=O) groups excluding carboxylic acids is 2. The molecular weight excluding hydrogens is 620 g/mol. The number of benzene rings is 2. The van der Waals surface area contributed by atoms with Crippen LogP contribution in [0.15, 0.2) is 58.3 Å². The van der Waals surface area contributed by atoms with Crippen LogP contribution in [0.4, 0.5) is 5.69 Å². The van der Waals surface area contributed by atoms with Gasteiger partial charge in [0.05, 0.1) is 17.8 Å². The number of hydrogen-bond acceptors (Lipinski definition) is 7. The third kappa shape index (κ3) is 5.85. The Morgan fingerprint density at radius 2 is 1.68 bits per heavy atom. The van der Waals surface area contributed by atoms with Gasteiger partial charge in [0.15, 0.2) is 0 Å². The van der Waals surface area contributed by atoms with E-state index in [4.69, 9.17) is 21.3 Å². The minimum Gasteiger partial charge on any atom is -0.481 e. The number of fused-ring (bicyclic) bond motifs is 1. The maximum absolute atomic E-state index is 13.2. The third-order valence-corrected chi connectivity index (χ3v) is 9.77. The summed E-state index contributed by atoms with van der Waals surface area (Å²) in [5.74, 6) is 0.0789. The predicted octanol–water partition coefficient (Wildman–Crippen LogP) is 4.19. The fraction of sp³-hybridized carbons (Fsp3) is 0.343. The van der Waals surface area contributed by atoms with E-state index < -0.39 is 17.2 Å². The van der Waals surface area contributed by atoms with Crippen molar-refractivity contribution in [3.63, 3.8) is 0 Å². The van der Waals surface area contributed by atoms with Crippen LogP contribution in [0.5, 0.6) is 5.88 Å². The van der Waals surface area contributed by atoms with Crippen LogP contribution in [0, 0.1) is 6.92 Å². The Kier molecular flexibility index (Phi) is 8.78. The zero-order valence-electron chi connectivity index (χ0n) is 27.1. The van der Waals surface area contributed by atoms with E-state index in [9.17, 15) is 19.2 Å². The first-order valence-corrected chi connectivity index (χ1v) is 15.9. The fourth-order valence-corrected chi connectivity index (χ4v) is 7.07. The van der Waals surface area contributed by atoms with E-state index >= 15 is 0 Å². The molecule has 2 aromatic heterocycles. The van der Waals surface area contributed by atoms with Gasteiger partial charge in [0.2, 0.25) is 11.8 Å². The lowest BCUT2D eigenvalue weighted by atomic mass is 9.96. The van der Waals surface area contributed by atoms with Crippen LogP contribution in [0.3, 0.4) is 0 Å². The molecule has 2 aliphatic rings. The summed E-state index contributed by atoms with van der Waals surface area (Å²) in [5, 5.41) is 3.35. The topological polar surface area (TPSA) is 119 Å². The molecule has 47 heavy (non-hydrogen) atoms. The summed E-state index contributed by atoms with van der Waals surface area (Å²) in [6.07, 6.45) is 3.08. The SMILES string of the molecule is COc1nc(-c2cccc(-c3cccc(NC(=O)c4cn(C)c(=O)n(C)c4=O)c3C)c2Cl)cc2c1[C@H](N1CCN(C(C)=O)CC1)CC2. The number of rotatable bonds is 6. The van der Waals surface area contributed by atoms with Crippen molar-refractivity contribution >= 4 is 29.1 Å². The Morgan fingerprint density at radius 3 is 2.38 bits per heavy atom. The second kappa shape index (κ2) is 12.8. The number of carbonyl (C=O) groups is 2. The molecular formula is C35H37ClN6O5. The molecule has 0 radical (unpaired) electrons. The van der Waals surface area contributed by atoms with Crippen molar-refractivity contribution in [3.8, 4) is 28.3 Å². The smallest absolute Gasteiger partial charge is 0.330 e. The molecule has 12 heteroatoms. The Balaban J connectivity index is 1.31. The summed E-state index contributed by atoms with van der Waals surface area (Å²) in [6, 6.07) is 13.6. The van der Waals surface area contributed by atoms with Crippen LogP contribution >= 0.6 is 11.6 Å². The Hall–Kier alpha value is -4.74. The van der Waals surface area contributed by atoms with Crippen LogP contribution in [0.1, 0.15) is 46.4 Å². The van der Waals surface area contributed by atoms with E-state index in [-0.39, 0.29) is 17.5 Å². The van der Waals surface area contributed by atoms with Crippen LogP contribution in [0.2, 0.25) is 5.02 Å². The average molecular weight is 657 g/mol. The van der Waals surface area contributed by atoms with E-state index in [1.165, 1.54) is 30.4 Å². The van der Waals surface area contributed by atoms with Crippen molar-refractivity contribution in [2.24, 2.45) is 14.1 Å². The van der Waals surface area contributed by atoms with Gasteiger partial charge in [-0.25, -0.2) is 9.78 Å². The molecule has 1 atom stereocenters. The van der Waals surface area contributed by atoms with Gasteiger partial charge in [0.1, 0.15) is 5.56 Å². The quantitative estimate of drug-likeness (QED) is 0.331. The molecule has 0 bridgehead atoms. The molecule has 1 saturated heterocycles. The van der Waals surface area contributed by atoms with Crippen molar-refractivity contribution < 1.29 is 14.3 Å². The van der Waals surface area contributed by atoms with Gasteiger partial charge in [-0.2, -0.15) is 0 Å². The molecule has 2 amide bonds. The van der Waals surface area contributed by atoms with Crippen molar-refractivity contribution in [2.75, 3.05) is 38.6 Å². The highest BCUT2D eigenvalue weighted by Crippen LogP contribution is 2.45. The number of methoxy groups -OCH3 is 1. The molecule has 0 saturated carbocycles. The first-order valence-electron chi connectivity index (χ1n) is 15.5. The second-order valence-corrected chi connectivity index (χ2v) is 12.5. The number of ether oxygens (including phenoxy) is 1. The minimum atomic E-state index is -0.672. The number of aromatic nitrogens is 3. The lowest BCUT2D eigenvalue weighted by molar-refractivity contribution is -0.130. The number of halogens is 1. The van der Waals surface area contributed by atoms with Crippen molar-refractivity contribution in [2.45, 2.75) is 32.7 Å². The van der Waals surface area contributed by atoms with Gasteiger partial charge < -0.3 is 19.5 Å². The normalized spacial score (nSPS) is 16.2. The number of piperazine rings is 1. The highest BCUT2D eigenvalue weighted by molar-refractivity contribution is 6.36. The molecule has 1 N–H and O–H groups in total. The minimum absolute atomic E-state index is 0.111.